The van der Waals surface area contributed by atoms with E-state index in [2.05, 4.69) is 31.9 Å². The summed E-state index contributed by atoms with van der Waals surface area (Å²) >= 11 is 8.62. The Kier molecular flexibility index (Phi) is 7.75. The third-order valence-corrected chi connectivity index (χ3v) is 4.42. The molecule has 2 aromatic carbocycles. The van der Waals surface area contributed by atoms with Gasteiger partial charge in [-0.25, -0.2) is 0 Å². The number of hydrogen-bond donors (Lipinski definition) is 3. The third kappa shape index (κ3) is 7.14. The molecule has 0 aliphatic heterocycles. The van der Waals surface area contributed by atoms with Crippen molar-refractivity contribution in [2.45, 2.75) is 33.2 Å². The smallest absolute Gasteiger partial charge is 0.257 e. The summed E-state index contributed by atoms with van der Waals surface area (Å²) < 4.78 is 6.13. The Hall–Kier alpha value is -2.45. The maximum atomic E-state index is 12.4. The second kappa shape index (κ2) is 9.84. The minimum Gasteiger partial charge on any atom is -0.493 e. The van der Waals surface area contributed by atoms with Gasteiger partial charge in [0, 0.05) is 22.4 Å². The van der Waals surface area contributed by atoms with Crippen LogP contribution in [0.15, 0.2) is 46.9 Å². The summed E-state index contributed by atoms with van der Waals surface area (Å²) in [7, 11) is 0. The molecule has 3 N–H and O–H groups in total. The highest BCUT2D eigenvalue weighted by atomic mass is 79.9. The number of carbonyl (C=O) groups excluding carboxylic acids is 2. The molecule has 2 amide bonds. The van der Waals surface area contributed by atoms with Gasteiger partial charge in [0.2, 0.25) is 0 Å². The molecule has 0 aliphatic carbocycles. The fourth-order valence-corrected chi connectivity index (χ4v) is 3.11. The van der Waals surface area contributed by atoms with Crippen molar-refractivity contribution in [3.05, 3.63) is 58.1 Å². The van der Waals surface area contributed by atoms with Crippen molar-refractivity contribution in [3.8, 4) is 5.75 Å². The Morgan fingerprint density at radius 1 is 1.07 bits per heavy atom. The molecule has 29 heavy (non-hydrogen) atoms. The predicted molar refractivity (Wildman–Crippen MR) is 123 cm³/mol. The molecular weight excluding hydrogens is 454 g/mol. The van der Waals surface area contributed by atoms with Crippen LogP contribution in [-0.4, -0.2) is 29.1 Å². The second-order valence-corrected chi connectivity index (χ2v) is 8.53. The van der Waals surface area contributed by atoms with E-state index in [1.165, 1.54) is 0 Å². The van der Waals surface area contributed by atoms with Gasteiger partial charge >= 0.3 is 0 Å². The van der Waals surface area contributed by atoms with Crippen LogP contribution in [0.1, 0.15) is 48.4 Å². The summed E-state index contributed by atoms with van der Waals surface area (Å²) in [4.78, 5) is 24.7. The molecule has 0 bridgehead atoms. The lowest BCUT2D eigenvalue weighted by molar-refractivity contribution is 0.0918. The average molecular weight is 478 g/mol. The minimum absolute atomic E-state index is 0.133. The highest BCUT2D eigenvalue weighted by Crippen LogP contribution is 2.26. The third-order valence-electron chi connectivity index (χ3n) is 3.59. The lowest BCUT2D eigenvalue weighted by Gasteiger charge is -2.20. The van der Waals surface area contributed by atoms with E-state index in [9.17, 15) is 9.59 Å². The van der Waals surface area contributed by atoms with Gasteiger partial charge in [-0.15, -0.1) is 0 Å². The number of anilines is 1. The fourth-order valence-electron chi connectivity index (χ4n) is 2.40. The largest absolute Gasteiger partial charge is 0.493 e. The van der Waals surface area contributed by atoms with Crippen molar-refractivity contribution >= 4 is 50.8 Å². The summed E-state index contributed by atoms with van der Waals surface area (Å²) in [6, 6.07) is 11.9. The summed E-state index contributed by atoms with van der Waals surface area (Å²) in [5.41, 5.74) is 1.19. The molecule has 0 radical (unpaired) electrons. The van der Waals surface area contributed by atoms with E-state index >= 15 is 0 Å². The molecular formula is C21H24BrN3O3S. The van der Waals surface area contributed by atoms with Gasteiger partial charge in [-0.3, -0.25) is 14.9 Å². The first-order valence-electron chi connectivity index (χ1n) is 9.06. The summed E-state index contributed by atoms with van der Waals surface area (Å²) in [5.74, 6) is 0.123. The second-order valence-electron chi connectivity index (χ2n) is 7.27. The Morgan fingerprint density at radius 3 is 2.38 bits per heavy atom. The molecule has 0 unspecified atom stereocenters. The molecule has 0 spiro atoms. The first kappa shape index (κ1) is 22.8. The zero-order chi connectivity index (χ0) is 21.6. The Morgan fingerprint density at radius 2 is 1.76 bits per heavy atom. The number of hydrogen-bond acceptors (Lipinski definition) is 4. The van der Waals surface area contributed by atoms with Crippen molar-refractivity contribution < 1.29 is 14.3 Å². The first-order chi connectivity index (χ1) is 13.6. The molecule has 0 saturated heterocycles. The molecule has 8 heteroatoms. The average Bonchev–Trinajstić information content (AvgIpc) is 2.62. The summed E-state index contributed by atoms with van der Waals surface area (Å²) in [6.45, 7) is 8.16. The van der Waals surface area contributed by atoms with Crippen LogP contribution < -0.4 is 20.7 Å². The van der Waals surface area contributed by atoms with Crippen LogP contribution >= 0.6 is 28.1 Å². The molecule has 0 fully saturated rings. The van der Waals surface area contributed by atoms with Gasteiger partial charge < -0.3 is 15.4 Å². The monoisotopic (exact) mass is 477 g/mol. The quantitative estimate of drug-likeness (QED) is 0.552. The Labute approximate surface area is 184 Å². The van der Waals surface area contributed by atoms with Crippen LogP contribution in [0.4, 0.5) is 5.69 Å². The van der Waals surface area contributed by atoms with Crippen LogP contribution in [0.3, 0.4) is 0 Å². The molecule has 6 nitrogen and oxygen atoms in total. The van der Waals surface area contributed by atoms with Crippen molar-refractivity contribution in [3.63, 3.8) is 0 Å². The molecule has 0 heterocycles. The molecule has 0 aliphatic rings. The normalized spacial score (nSPS) is 10.8. The number of ether oxygens (including phenoxy) is 1. The summed E-state index contributed by atoms with van der Waals surface area (Å²) in [5, 5.41) is 8.60. The van der Waals surface area contributed by atoms with E-state index in [0.717, 1.165) is 0 Å². The number of halogens is 1. The zero-order valence-corrected chi connectivity index (χ0v) is 19.2. The first-order valence-corrected chi connectivity index (χ1v) is 10.3. The van der Waals surface area contributed by atoms with Gasteiger partial charge in [0.15, 0.2) is 5.11 Å². The van der Waals surface area contributed by atoms with Crippen molar-refractivity contribution in [2.75, 3.05) is 11.9 Å². The van der Waals surface area contributed by atoms with Gasteiger partial charge in [0.05, 0.1) is 11.1 Å². The van der Waals surface area contributed by atoms with E-state index in [1.807, 2.05) is 27.7 Å². The van der Waals surface area contributed by atoms with Crippen LogP contribution in [0.2, 0.25) is 0 Å². The predicted octanol–water partition coefficient (Wildman–Crippen LogP) is 4.50. The molecule has 2 rings (SSSR count). The maximum absolute atomic E-state index is 12.4. The van der Waals surface area contributed by atoms with Gasteiger partial charge in [0.1, 0.15) is 5.75 Å². The lowest BCUT2D eigenvalue weighted by Crippen LogP contribution is -2.40. The highest BCUT2D eigenvalue weighted by Gasteiger charge is 2.16. The van der Waals surface area contributed by atoms with Crippen LogP contribution in [-0.2, 0) is 0 Å². The lowest BCUT2D eigenvalue weighted by atomic mass is 10.1. The van der Waals surface area contributed by atoms with Gasteiger partial charge in [-0.1, -0.05) is 6.07 Å². The molecule has 154 valence electrons. The van der Waals surface area contributed by atoms with E-state index in [-0.39, 0.29) is 22.5 Å². The maximum Gasteiger partial charge on any atom is 0.257 e. The van der Waals surface area contributed by atoms with Crippen LogP contribution in [0.5, 0.6) is 5.75 Å². The van der Waals surface area contributed by atoms with Crippen molar-refractivity contribution in [1.82, 2.24) is 10.6 Å². The van der Waals surface area contributed by atoms with E-state index in [0.29, 0.717) is 33.6 Å². The molecule has 2 aromatic rings. The van der Waals surface area contributed by atoms with E-state index in [4.69, 9.17) is 17.0 Å². The molecule has 0 atom stereocenters. The van der Waals surface area contributed by atoms with Crippen LogP contribution in [0, 0.1) is 0 Å². The van der Waals surface area contributed by atoms with Crippen LogP contribution in [0.25, 0.3) is 0 Å². The SMILES string of the molecule is CCOc1ccc(C(=O)NC(=S)Nc2cccc(C(=O)NC(C)(C)C)c2)cc1Br. The Bertz CT molecular complexity index is 926. The minimum atomic E-state index is -0.354. The zero-order valence-electron chi connectivity index (χ0n) is 16.8. The molecule has 0 aromatic heterocycles. The van der Waals surface area contributed by atoms with Gasteiger partial charge in [-0.2, -0.15) is 0 Å². The van der Waals surface area contributed by atoms with E-state index < -0.39 is 0 Å². The van der Waals surface area contributed by atoms with E-state index in [1.54, 1.807) is 42.5 Å². The number of nitrogens with one attached hydrogen (secondary N) is 3. The topological polar surface area (TPSA) is 79.5 Å². The molecule has 0 saturated carbocycles. The number of rotatable bonds is 5. The van der Waals surface area contributed by atoms with Gasteiger partial charge in [-0.05, 0) is 92.2 Å². The standard InChI is InChI=1S/C21H24BrN3O3S/c1-5-28-17-10-9-14(12-16(17)22)18(26)24-20(29)23-15-8-6-7-13(11-15)19(27)25-21(2,3)4/h6-12H,5H2,1-4H3,(H,25,27)(H2,23,24,26,29). The van der Waals surface area contributed by atoms with Crippen molar-refractivity contribution in [1.29, 1.82) is 0 Å². The number of carbonyl (C=O) groups is 2. The highest BCUT2D eigenvalue weighted by molar-refractivity contribution is 9.10. The van der Waals surface area contributed by atoms with Crippen molar-refractivity contribution in [2.24, 2.45) is 0 Å². The fraction of sp³-hybridized carbons (Fsp3) is 0.286. The summed E-state index contributed by atoms with van der Waals surface area (Å²) in [6.07, 6.45) is 0. The Balaban J connectivity index is 2.02. The number of thiocarbonyl (C=S) groups is 1. The number of amides is 2. The van der Waals surface area contributed by atoms with Gasteiger partial charge in [0.25, 0.3) is 11.8 Å². The number of benzene rings is 2.